The van der Waals surface area contributed by atoms with Gasteiger partial charge < -0.3 is 0 Å². The van der Waals surface area contributed by atoms with Crippen molar-refractivity contribution in [3.63, 3.8) is 0 Å². The minimum atomic E-state index is -0.758. The molecule has 0 bridgehead atoms. The fourth-order valence-electron chi connectivity index (χ4n) is 4.57. The van der Waals surface area contributed by atoms with Crippen LogP contribution in [-0.2, 0) is 19.3 Å². The van der Waals surface area contributed by atoms with Gasteiger partial charge in [0.05, 0.1) is 0 Å². The average Bonchev–Trinajstić information content (AvgIpc) is 2.77. The molecule has 0 nitrogen and oxygen atoms in total. The molecule has 1 atom stereocenters. The first kappa shape index (κ1) is 21.6. The van der Waals surface area contributed by atoms with Crippen molar-refractivity contribution in [2.24, 2.45) is 0 Å². The molecule has 3 aromatic carbocycles. The molecule has 4 rings (SSSR count). The summed E-state index contributed by atoms with van der Waals surface area (Å²) >= 11 is 0. The van der Waals surface area contributed by atoms with Crippen molar-refractivity contribution in [2.45, 2.75) is 57.8 Å². The van der Waals surface area contributed by atoms with Crippen LogP contribution >= 0.6 is 0 Å². The molecule has 0 N–H and O–H groups in total. The Morgan fingerprint density at radius 1 is 0.839 bits per heavy atom. The second kappa shape index (κ2) is 9.25. The van der Waals surface area contributed by atoms with Gasteiger partial charge in [0.1, 0.15) is 11.6 Å². The fourth-order valence-corrected chi connectivity index (χ4v) is 4.57. The zero-order chi connectivity index (χ0) is 22.0. The van der Waals surface area contributed by atoms with Crippen LogP contribution in [0.3, 0.4) is 0 Å². The van der Waals surface area contributed by atoms with Crippen molar-refractivity contribution in [1.82, 2.24) is 0 Å². The first-order chi connectivity index (χ1) is 15.0. The van der Waals surface area contributed by atoms with Gasteiger partial charge in [-0.2, -0.15) is 0 Å². The van der Waals surface area contributed by atoms with Crippen molar-refractivity contribution in [3.8, 4) is 11.1 Å². The highest BCUT2D eigenvalue weighted by Gasteiger charge is 2.26. The molecular weight excluding hydrogens is 400 g/mol. The Labute approximate surface area is 180 Å². The summed E-state index contributed by atoms with van der Waals surface area (Å²) in [5, 5.41) is 0. The Kier molecular flexibility index (Phi) is 6.45. The van der Waals surface area contributed by atoms with Crippen molar-refractivity contribution in [2.75, 3.05) is 0 Å². The first-order valence-electron chi connectivity index (χ1n) is 11.0. The van der Waals surface area contributed by atoms with E-state index in [1.54, 1.807) is 24.3 Å². The first-order valence-corrected chi connectivity index (χ1v) is 11.0. The van der Waals surface area contributed by atoms with Gasteiger partial charge in [-0.25, -0.2) is 17.6 Å². The summed E-state index contributed by atoms with van der Waals surface area (Å²) in [6.07, 6.45) is 5.22. The van der Waals surface area contributed by atoms with E-state index in [1.165, 1.54) is 18.2 Å². The fraction of sp³-hybridized carbons (Fsp3) is 0.333. The molecular formula is C27H26F4. The summed E-state index contributed by atoms with van der Waals surface area (Å²) in [7, 11) is 0. The predicted octanol–water partition coefficient (Wildman–Crippen LogP) is 7.92. The molecule has 0 radical (unpaired) electrons. The minimum Gasteiger partial charge on any atom is -0.207 e. The molecule has 1 aliphatic carbocycles. The summed E-state index contributed by atoms with van der Waals surface area (Å²) in [6.45, 7) is 2.08. The summed E-state index contributed by atoms with van der Waals surface area (Å²) in [5.41, 5.74) is 3.70. The molecule has 0 saturated heterocycles. The zero-order valence-corrected chi connectivity index (χ0v) is 17.7. The highest BCUT2D eigenvalue weighted by atomic mass is 19.2. The lowest BCUT2D eigenvalue weighted by atomic mass is 9.78. The highest BCUT2D eigenvalue weighted by molar-refractivity contribution is 5.66. The maximum atomic E-state index is 14.8. The normalized spacial score (nSPS) is 15.7. The standard InChI is InChI=1S/C27H26F4/c1-2-3-4-5-18-10-13-23(27(31)26(18)30)20-7-6-19-15-24(25(29)16-21(19)14-20)17-8-11-22(28)12-9-17/h8-13,15-16,20H,2-7,14H2,1H3. The molecule has 0 saturated carbocycles. The van der Waals surface area contributed by atoms with Crippen LogP contribution in [0.15, 0.2) is 48.5 Å². The van der Waals surface area contributed by atoms with Gasteiger partial charge in [0.25, 0.3) is 0 Å². The second-order valence-corrected chi connectivity index (χ2v) is 8.45. The Balaban J connectivity index is 1.57. The molecule has 0 aliphatic heterocycles. The Bertz CT molecular complexity index is 1070. The molecule has 0 aromatic heterocycles. The van der Waals surface area contributed by atoms with E-state index in [9.17, 15) is 17.6 Å². The Hall–Kier alpha value is -2.62. The SMILES string of the molecule is CCCCCc1ccc(C2CCc3cc(-c4ccc(F)cc4)c(F)cc3C2)c(F)c1F. The summed E-state index contributed by atoms with van der Waals surface area (Å²) in [5.74, 6) is -2.43. The smallest absolute Gasteiger partial charge is 0.162 e. The van der Waals surface area contributed by atoms with E-state index in [4.69, 9.17) is 0 Å². The van der Waals surface area contributed by atoms with E-state index in [2.05, 4.69) is 6.92 Å². The van der Waals surface area contributed by atoms with Gasteiger partial charge in [-0.1, -0.05) is 44.0 Å². The lowest BCUT2D eigenvalue weighted by Crippen LogP contribution is -2.16. The van der Waals surface area contributed by atoms with Gasteiger partial charge >= 0.3 is 0 Å². The van der Waals surface area contributed by atoms with Crippen LogP contribution in [0, 0.1) is 23.3 Å². The van der Waals surface area contributed by atoms with E-state index >= 15 is 0 Å². The Morgan fingerprint density at radius 3 is 2.35 bits per heavy atom. The topological polar surface area (TPSA) is 0 Å². The number of unbranched alkanes of at least 4 members (excludes halogenated alkanes) is 2. The molecule has 1 unspecified atom stereocenters. The molecule has 3 aromatic rings. The van der Waals surface area contributed by atoms with Crippen LogP contribution in [0.4, 0.5) is 17.6 Å². The predicted molar refractivity (Wildman–Crippen MR) is 116 cm³/mol. The number of aryl methyl sites for hydroxylation is 2. The van der Waals surface area contributed by atoms with Crippen LogP contribution < -0.4 is 0 Å². The average molecular weight is 426 g/mol. The van der Waals surface area contributed by atoms with Crippen molar-refractivity contribution in [3.05, 3.63) is 94.1 Å². The molecule has 1 aliphatic rings. The van der Waals surface area contributed by atoms with Crippen LogP contribution in [0.2, 0.25) is 0 Å². The van der Waals surface area contributed by atoms with E-state index in [-0.39, 0.29) is 17.6 Å². The van der Waals surface area contributed by atoms with Crippen LogP contribution in [-0.4, -0.2) is 0 Å². The van der Waals surface area contributed by atoms with Crippen LogP contribution in [0.5, 0.6) is 0 Å². The second-order valence-electron chi connectivity index (χ2n) is 8.45. The molecule has 4 heteroatoms. The van der Waals surface area contributed by atoms with Gasteiger partial charge in [0.15, 0.2) is 11.6 Å². The third-order valence-electron chi connectivity index (χ3n) is 6.35. The summed E-state index contributed by atoms with van der Waals surface area (Å²) in [4.78, 5) is 0. The summed E-state index contributed by atoms with van der Waals surface area (Å²) < 4.78 is 57.5. The monoisotopic (exact) mass is 426 g/mol. The third kappa shape index (κ3) is 4.53. The molecule has 0 fully saturated rings. The van der Waals surface area contributed by atoms with Gasteiger partial charge in [-0.05, 0) is 90.1 Å². The van der Waals surface area contributed by atoms with Crippen molar-refractivity contribution < 1.29 is 17.6 Å². The van der Waals surface area contributed by atoms with E-state index in [1.807, 2.05) is 6.07 Å². The lowest BCUT2D eigenvalue weighted by molar-refractivity contribution is 0.465. The van der Waals surface area contributed by atoms with Crippen LogP contribution in [0.1, 0.15) is 60.8 Å². The molecule has 0 amide bonds. The molecule has 0 heterocycles. The maximum Gasteiger partial charge on any atom is 0.162 e. The van der Waals surface area contributed by atoms with Crippen LogP contribution in [0.25, 0.3) is 11.1 Å². The molecule has 31 heavy (non-hydrogen) atoms. The molecule has 0 spiro atoms. The van der Waals surface area contributed by atoms with E-state index < -0.39 is 11.6 Å². The van der Waals surface area contributed by atoms with Gasteiger partial charge in [-0.15, -0.1) is 0 Å². The quantitative estimate of drug-likeness (QED) is 0.277. The largest absolute Gasteiger partial charge is 0.207 e. The third-order valence-corrected chi connectivity index (χ3v) is 6.35. The number of benzene rings is 3. The van der Waals surface area contributed by atoms with E-state index in [0.29, 0.717) is 47.9 Å². The van der Waals surface area contributed by atoms with Gasteiger partial charge in [0.2, 0.25) is 0 Å². The molecule has 162 valence electrons. The van der Waals surface area contributed by atoms with Gasteiger partial charge in [0, 0.05) is 5.56 Å². The van der Waals surface area contributed by atoms with E-state index in [0.717, 1.165) is 30.4 Å². The lowest BCUT2D eigenvalue weighted by Gasteiger charge is -2.26. The number of rotatable bonds is 6. The minimum absolute atomic E-state index is 0.178. The highest BCUT2D eigenvalue weighted by Crippen LogP contribution is 2.37. The zero-order valence-electron chi connectivity index (χ0n) is 17.7. The number of hydrogen-bond acceptors (Lipinski definition) is 0. The Morgan fingerprint density at radius 2 is 1.61 bits per heavy atom. The number of hydrogen-bond donors (Lipinski definition) is 0. The number of fused-ring (bicyclic) bond motifs is 1. The maximum absolute atomic E-state index is 14.8. The van der Waals surface area contributed by atoms with Crippen molar-refractivity contribution >= 4 is 0 Å². The summed E-state index contributed by atoms with van der Waals surface area (Å²) in [6, 6.07) is 12.5. The van der Waals surface area contributed by atoms with Crippen molar-refractivity contribution in [1.29, 1.82) is 0 Å². The number of halogens is 4. The van der Waals surface area contributed by atoms with Gasteiger partial charge in [-0.3, -0.25) is 0 Å².